The molecule has 4 nitrogen and oxygen atoms in total. The maximum atomic E-state index is 10.9. The van der Waals surface area contributed by atoms with Gasteiger partial charge in [0.25, 0.3) is 6.47 Å². The van der Waals surface area contributed by atoms with Crippen LogP contribution in [0.3, 0.4) is 0 Å². The summed E-state index contributed by atoms with van der Waals surface area (Å²) in [6.45, 7) is 0.421. The summed E-state index contributed by atoms with van der Waals surface area (Å²) in [5.74, 6) is 0. The number of hydrogen-bond acceptors (Lipinski definition) is 3. The summed E-state index contributed by atoms with van der Waals surface area (Å²) in [6.07, 6.45) is -0.0868. The Bertz CT molecular complexity index is 834. The number of halogens is 2. The molecule has 0 aliphatic rings. The van der Waals surface area contributed by atoms with Crippen LogP contribution in [0.15, 0.2) is 54.6 Å². The van der Waals surface area contributed by atoms with Gasteiger partial charge < -0.3 is 4.74 Å². The normalized spacial score (nSPS) is 11.9. The SMILES string of the molecule is O=COC(Cc1cc(-c2ccccc2)n[nH]1)c1ccc(Cl)cc1Cl. The van der Waals surface area contributed by atoms with Gasteiger partial charge in [0, 0.05) is 33.3 Å². The van der Waals surface area contributed by atoms with E-state index in [-0.39, 0.29) is 0 Å². The Hall–Kier alpha value is -2.30. The fourth-order valence-electron chi connectivity index (χ4n) is 2.48. The number of carbonyl (C=O) groups excluding carboxylic acids is 1. The number of H-pyrrole nitrogens is 1. The van der Waals surface area contributed by atoms with Crippen LogP contribution in [0.1, 0.15) is 17.4 Å². The molecule has 0 saturated carbocycles. The van der Waals surface area contributed by atoms with Crippen molar-refractivity contribution in [1.82, 2.24) is 10.2 Å². The van der Waals surface area contributed by atoms with E-state index in [0.717, 1.165) is 17.0 Å². The van der Waals surface area contributed by atoms with Crippen molar-refractivity contribution in [2.75, 3.05) is 0 Å². The molecule has 24 heavy (non-hydrogen) atoms. The Morgan fingerprint density at radius 1 is 1.12 bits per heavy atom. The highest BCUT2D eigenvalue weighted by atomic mass is 35.5. The summed E-state index contributed by atoms with van der Waals surface area (Å²) in [5.41, 5.74) is 3.38. The molecule has 0 fully saturated rings. The van der Waals surface area contributed by atoms with E-state index >= 15 is 0 Å². The molecule has 6 heteroatoms. The molecule has 1 unspecified atom stereocenters. The summed E-state index contributed by atoms with van der Waals surface area (Å²) in [6, 6.07) is 16.9. The molecule has 1 aromatic heterocycles. The van der Waals surface area contributed by atoms with Gasteiger partial charge in [-0.05, 0) is 18.2 Å². The number of aromatic nitrogens is 2. The molecule has 0 saturated heterocycles. The highest BCUT2D eigenvalue weighted by Crippen LogP contribution is 2.30. The molecule has 1 heterocycles. The number of carbonyl (C=O) groups is 1. The van der Waals surface area contributed by atoms with Crippen molar-refractivity contribution in [3.8, 4) is 11.3 Å². The second-order valence-corrected chi connectivity index (χ2v) is 6.08. The molecule has 3 aromatic rings. The lowest BCUT2D eigenvalue weighted by molar-refractivity contribution is -0.133. The number of benzene rings is 2. The Labute approximate surface area is 149 Å². The highest BCUT2D eigenvalue weighted by Gasteiger charge is 2.18. The summed E-state index contributed by atoms with van der Waals surface area (Å²) in [5, 5.41) is 8.27. The van der Waals surface area contributed by atoms with E-state index < -0.39 is 6.10 Å². The van der Waals surface area contributed by atoms with Crippen molar-refractivity contribution < 1.29 is 9.53 Å². The molecule has 3 rings (SSSR count). The predicted molar refractivity (Wildman–Crippen MR) is 94.1 cm³/mol. The summed E-state index contributed by atoms with van der Waals surface area (Å²) >= 11 is 12.1. The van der Waals surface area contributed by atoms with Gasteiger partial charge in [0.05, 0.1) is 5.69 Å². The average molecular weight is 361 g/mol. The van der Waals surface area contributed by atoms with Crippen LogP contribution in [-0.4, -0.2) is 16.7 Å². The molecular weight excluding hydrogens is 347 g/mol. The third-order valence-electron chi connectivity index (χ3n) is 3.63. The first-order chi connectivity index (χ1) is 11.7. The number of rotatable bonds is 6. The van der Waals surface area contributed by atoms with Gasteiger partial charge in [0.1, 0.15) is 6.10 Å². The molecule has 1 N–H and O–H groups in total. The van der Waals surface area contributed by atoms with E-state index in [0.29, 0.717) is 28.5 Å². The lowest BCUT2D eigenvalue weighted by Crippen LogP contribution is -2.08. The van der Waals surface area contributed by atoms with Gasteiger partial charge in [0.2, 0.25) is 0 Å². The quantitative estimate of drug-likeness (QED) is 0.639. The molecule has 0 aliphatic heterocycles. The largest absolute Gasteiger partial charge is 0.459 e. The summed E-state index contributed by atoms with van der Waals surface area (Å²) in [7, 11) is 0. The van der Waals surface area contributed by atoms with Crippen LogP contribution in [0.25, 0.3) is 11.3 Å². The summed E-state index contributed by atoms with van der Waals surface area (Å²) in [4.78, 5) is 10.9. The van der Waals surface area contributed by atoms with Gasteiger partial charge in [-0.3, -0.25) is 9.89 Å². The third-order valence-corrected chi connectivity index (χ3v) is 4.20. The second-order valence-electron chi connectivity index (χ2n) is 5.24. The first-order valence-corrected chi connectivity index (χ1v) is 8.06. The monoisotopic (exact) mass is 360 g/mol. The number of nitrogens with zero attached hydrogens (tertiary/aromatic N) is 1. The zero-order valence-corrected chi connectivity index (χ0v) is 14.1. The van der Waals surface area contributed by atoms with Crippen LogP contribution < -0.4 is 0 Å². The lowest BCUT2D eigenvalue weighted by atomic mass is 10.0. The zero-order valence-electron chi connectivity index (χ0n) is 12.6. The van der Waals surface area contributed by atoms with Gasteiger partial charge in [0.15, 0.2) is 0 Å². The Morgan fingerprint density at radius 2 is 1.92 bits per heavy atom. The first kappa shape index (κ1) is 16.6. The number of aromatic amines is 1. The fraction of sp³-hybridized carbons (Fsp3) is 0.111. The average Bonchev–Trinajstić information content (AvgIpc) is 3.04. The molecule has 1 atom stereocenters. The molecule has 0 aliphatic carbocycles. The minimum absolute atomic E-state index is 0.421. The van der Waals surface area contributed by atoms with Crippen molar-refractivity contribution in [2.24, 2.45) is 0 Å². The minimum atomic E-state index is -0.517. The molecule has 0 amide bonds. The highest BCUT2D eigenvalue weighted by molar-refractivity contribution is 6.35. The Balaban J connectivity index is 1.84. The van der Waals surface area contributed by atoms with E-state index in [1.807, 2.05) is 36.4 Å². The van der Waals surface area contributed by atoms with Gasteiger partial charge in [-0.1, -0.05) is 59.6 Å². The van der Waals surface area contributed by atoms with Crippen molar-refractivity contribution in [2.45, 2.75) is 12.5 Å². The standard InChI is InChI=1S/C18H14Cl2N2O2/c19-13-6-7-15(16(20)8-13)18(24-11-23)10-14-9-17(22-21-14)12-4-2-1-3-5-12/h1-9,11,18H,10H2,(H,21,22). The smallest absolute Gasteiger partial charge is 0.293 e. The second kappa shape index (κ2) is 7.51. The molecule has 0 bridgehead atoms. The maximum Gasteiger partial charge on any atom is 0.293 e. The number of ether oxygens (including phenoxy) is 1. The first-order valence-electron chi connectivity index (χ1n) is 7.31. The molecule has 0 spiro atoms. The number of nitrogens with one attached hydrogen (secondary N) is 1. The van der Waals surface area contributed by atoms with E-state index in [4.69, 9.17) is 27.9 Å². The topological polar surface area (TPSA) is 55.0 Å². The van der Waals surface area contributed by atoms with E-state index in [1.54, 1.807) is 18.2 Å². The zero-order chi connectivity index (χ0) is 16.9. The summed E-state index contributed by atoms with van der Waals surface area (Å²) < 4.78 is 5.21. The van der Waals surface area contributed by atoms with Crippen LogP contribution in [0.2, 0.25) is 10.0 Å². The van der Waals surface area contributed by atoms with E-state index in [1.165, 1.54) is 0 Å². The van der Waals surface area contributed by atoms with Gasteiger partial charge in [-0.15, -0.1) is 0 Å². The van der Waals surface area contributed by atoms with Gasteiger partial charge in [-0.25, -0.2) is 0 Å². The predicted octanol–water partition coefficient (Wildman–Crippen LogP) is 4.84. The third kappa shape index (κ3) is 3.78. The number of hydrogen-bond donors (Lipinski definition) is 1. The Morgan fingerprint density at radius 3 is 2.62 bits per heavy atom. The van der Waals surface area contributed by atoms with Crippen LogP contribution in [0.5, 0.6) is 0 Å². The van der Waals surface area contributed by atoms with Gasteiger partial charge >= 0.3 is 0 Å². The van der Waals surface area contributed by atoms with Gasteiger partial charge in [-0.2, -0.15) is 5.10 Å². The maximum absolute atomic E-state index is 10.9. The van der Waals surface area contributed by atoms with Crippen molar-refractivity contribution in [1.29, 1.82) is 0 Å². The molecule has 0 radical (unpaired) electrons. The molecular formula is C18H14Cl2N2O2. The molecule has 2 aromatic carbocycles. The van der Waals surface area contributed by atoms with Crippen LogP contribution >= 0.6 is 23.2 Å². The molecule has 122 valence electrons. The van der Waals surface area contributed by atoms with E-state index in [9.17, 15) is 4.79 Å². The van der Waals surface area contributed by atoms with Crippen molar-refractivity contribution in [3.05, 3.63) is 75.9 Å². The minimum Gasteiger partial charge on any atom is -0.459 e. The Kier molecular flexibility index (Phi) is 5.18. The van der Waals surface area contributed by atoms with Crippen LogP contribution in [0.4, 0.5) is 0 Å². The van der Waals surface area contributed by atoms with Crippen LogP contribution in [0, 0.1) is 0 Å². The lowest BCUT2D eigenvalue weighted by Gasteiger charge is -2.16. The van der Waals surface area contributed by atoms with Crippen molar-refractivity contribution in [3.63, 3.8) is 0 Å². The van der Waals surface area contributed by atoms with Crippen molar-refractivity contribution >= 4 is 29.7 Å². The van der Waals surface area contributed by atoms with E-state index in [2.05, 4.69) is 10.2 Å². The van der Waals surface area contributed by atoms with Crippen LogP contribution in [-0.2, 0) is 16.0 Å². The fourth-order valence-corrected chi connectivity index (χ4v) is 3.01.